The van der Waals surface area contributed by atoms with Crippen molar-refractivity contribution in [2.45, 2.75) is 64.7 Å². The molecular weight excluding hydrogens is 346 g/mol. The van der Waals surface area contributed by atoms with Crippen molar-refractivity contribution < 1.29 is 24.5 Å². The number of hydrogen-bond acceptors (Lipinski definition) is 5. The minimum Gasteiger partial charge on any atom is -0.494 e. The van der Waals surface area contributed by atoms with E-state index in [9.17, 15) is 15.0 Å². The van der Waals surface area contributed by atoms with Crippen LogP contribution in [-0.4, -0.2) is 47.3 Å². The van der Waals surface area contributed by atoms with Crippen LogP contribution in [0.2, 0.25) is 0 Å². The molecular formula is C21H31NO5. The smallest absolute Gasteiger partial charge is 0.408 e. The lowest BCUT2D eigenvalue weighted by Crippen LogP contribution is -2.47. The SMILES string of the molecule is CCCCCOc1ccc(C#C[C@H](O)C(CO)NC(=O)OC(C)(C)C)cc1. The van der Waals surface area contributed by atoms with Crippen molar-refractivity contribution in [1.29, 1.82) is 0 Å². The van der Waals surface area contributed by atoms with Crippen molar-refractivity contribution >= 4 is 6.09 Å². The number of aliphatic hydroxyl groups excluding tert-OH is 2. The number of alkyl carbamates (subject to hydrolysis) is 1. The predicted octanol–water partition coefficient (Wildman–Crippen LogP) is 2.85. The fraction of sp³-hybridized carbons (Fsp3) is 0.571. The van der Waals surface area contributed by atoms with Crippen LogP contribution in [0.15, 0.2) is 24.3 Å². The average Bonchev–Trinajstić information content (AvgIpc) is 2.60. The summed E-state index contributed by atoms with van der Waals surface area (Å²) in [5, 5.41) is 21.9. The molecule has 0 aliphatic rings. The van der Waals surface area contributed by atoms with E-state index in [0.717, 1.165) is 25.0 Å². The molecule has 0 aliphatic heterocycles. The summed E-state index contributed by atoms with van der Waals surface area (Å²) in [7, 11) is 0. The summed E-state index contributed by atoms with van der Waals surface area (Å²) < 4.78 is 10.7. The van der Waals surface area contributed by atoms with E-state index in [0.29, 0.717) is 12.2 Å². The molecule has 0 spiro atoms. The van der Waals surface area contributed by atoms with Gasteiger partial charge in [0.1, 0.15) is 17.5 Å². The lowest BCUT2D eigenvalue weighted by atomic mass is 10.1. The average molecular weight is 377 g/mol. The predicted molar refractivity (Wildman–Crippen MR) is 105 cm³/mol. The zero-order valence-electron chi connectivity index (χ0n) is 16.6. The summed E-state index contributed by atoms with van der Waals surface area (Å²) in [6.07, 6.45) is 1.37. The molecule has 1 aromatic rings. The van der Waals surface area contributed by atoms with Crippen LogP contribution in [0.4, 0.5) is 4.79 Å². The molecule has 1 unspecified atom stereocenters. The highest BCUT2D eigenvalue weighted by molar-refractivity contribution is 5.68. The first kappa shape index (κ1) is 22.8. The molecule has 0 aliphatic carbocycles. The molecule has 6 heteroatoms. The second-order valence-electron chi connectivity index (χ2n) is 7.23. The third-order valence-corrected chi connectivity index (χ3v) is 3.52. The molecule has 0 saturated heterocycles. The maximum Gasteiger partial charge on any atom is 0.408 e. The molecule has 1 aromatic carbocycles. The fourth-order valence-corrected chi connectivity index (χ4v) is 2.12. The Morgan fingerprint density at radius 2 is 1.89 bits per heavy atom. The molecule has 0 radical (unpaired) electrons. The molecule has 0 heterocycles. The first-order valence-electron chi connectivity index (χ1n) is 9.28. The Labute approximate surface area is 161 Å². The number of rotatable bonds is 8. The zero-order chi connectivity index (χ0) is 20.3. The van der Waals surface area contributed by atoms with Gasteiger partial charge in [0.15, 0.2) is 0 Å². The molecule has 6 nitrogen and oxygen atoms in total. The summed E-state index contributed by atoms with van der Waals surface area (Å²) in [5.41, 5.74) is 0.0325. The van der Waals surface area contributed by atoms with Gasteiger partial charge in [-0.1, -0.05) is 31.6 Å². The van der Waals surface area contributed by atoms with Crippen molar-refractivity contribution in [2.24, 2.45) is 0 Å². The molecule has 27 heavy (non-hydrogen) atoms. The maximum absolute atomic E-state index is 11.8. The Morgan fingerprint density at radius 3 is 2.44 bits per heavy atom. The molecule has 150 valence electrons. The molecule has 3 N–H and O–H groups in total. The molecule has 0 fully saturated rings. The largest absolute Gasteiger partial charge is 0.494 e. The molecule has 2 atom stereocenters. The van der Waals surface area contributed by atoms with Crippen molar-refractivity contribution in [3.8, 4) is 17.6 Å². The maximum atomic E-state index is 11.8. The Hall–Kier alpha value is -2.23. The third-order valence-electron chi connectivity index (χ3n) is 3.52. The van der Waals surface area contributed by atoms with Crippen LogP contribution in [0.25, 0.3) is 0 Å². The van der Waals surface area contributed by atoms with Gasteiger partial charge in [-0.05, 0) is 51.5 Å². The van der Waals surface area contributed by atoms with Gasteiger partial charge in [-0.25, -0.2) is 4.79 Å². The summed E-state index contributed by atoms with van der Waals surface area (Å²) in [4.78, 5) is 11.8. The first-order valence-corrected chi connectivity index (χ1v) is 9.28. The lowest BCUT2D eigenvalue weighted by molar-refractivity contribution is 0.0413. The van der Waals surface area contributed by atoms with E-state index in [-0.39, 0.29) is 0 Å². The summed E-state index contributed by atoms with van der Waals surface area (Å²) >= 11 is 0. The van der Waals surface area contributed by atoms with Gasteiger partial charge in [-0.15, -0.1) is 0 Å². The Kier molecular flexibility index (Phi) is 9.70. The highest BCUT2D eigenvalue weighted by Gasteiger charge is 2.22. The summed E-state index contributed by atoms with van der Waals surface area (Å²) in [6.45, 7) is 7.56. The van der Waals surface area contributed by atoms with Crippen LogP contribution in [0, 0.1) is 11.8 Å². The topological polar surface area (TPSA) is 88.0 Å². The molecule has 1 rings (SSSR count). The van der Waals surface area contributed by atoms with Gasteiger partial charge in [0.05, 0.1) is 19.3 Å². The van der Waals surface area contributed by atoms with E-state index < -0.39 is 30.4 Å². The van der Waals surface area contributed by atoms with Crippen molar-refractivity contribution in [2.75, 3.05) is 13.2 Å². The number of carbonyl (C=O) groups is 1. The Balaban J connectivity index is 2.58. The van der Waals surface area contributed by atoms with E-state index in [4.69, 9.17) is 9.47 Å². The van der Waals surface area contributed by atoms with Crippen LogP contribution < -0.4 is 10.1 Å². The fourth-order valence-electron chi connectivity index (χ4n) is 2.12. The molecule has 1 amide bonds. The van der Waals surface area contributed by atoms with Gasteiger partial charge < -0.3 is 25.0 Å². The van der Waals surface area contributed by atoms with E-state index in [1.54, 1.807) is 32.9 Å². The number of hydrogen-bond donors (Lipinski definition) is 3. The number of nitrogens with one attached hydrogen (secondary N) is 1. The highest BCUT2D eigenvalue weighted by Crippen LogP contribution is 2.12. The van der Waals surface area contributed by atoms with Crippen molar-refractivity contribution in [3.05, 3.63) is 29.8 Å². The zero-order valence-corrected chi connectivity index (χ0v) is 16.6. The summed E-state index contributed by atoms with van der Waals surface area (Å²) in [5.74, 6) is 6.23. The molecule has 0 saturated carbocycles. The number of amides is 1. The minimum atomic E-state index is -1.23. The van der Waals surface area contributed by atoms with E-state index in [1.165, 1.54) is 0 Å². The van der Waals surface area contributed by atoms with Gasteiger partial charge in [0.2, 0.25) is 0 Å². The van der Waals surface area contributed by atoms with E-state index in [1.807, 2.05) is 12.1 Å². The number of benzene rings is 1. The first-order chi connectivity index (χ1) is 12.7. The monoisotopic (exact) mass is 377 g/mol. The quantitative estimate of drug-likeness (QED) is 0.479. The Morgan fingerprint density at radius 1 is 1.22 bits per heavy atom. The van der Waals surface area contributed by atoms with Crippen LogP contribution in [0.1, 0.15) is 52.5 Å². The minimum absolute atomic E-state index is 0.459. The summed E-state index contributed by atoms with van der Waals surface area (Å²) in [6, 6.07) is 6.30. The molecule has 0 aromatic heterocycles. The van der Waals surface area contributed by atoms with E-state index >= 15 is 0 Å². The number of aliphatic hydroxyl groups is 2. The number of ether oxygens (including phenoxy) is 2. The standard InChI is InChI=1S/C21H31NO5/c1-5-6-7-14-26-17-11-8-16(9-12-17)10-13-19(24)18(15-23)22-20(25)27-21(2,3)4/h8-9,11-12,18-19,23-24H,5-7,14-15H2,1-4H3,(H,22,25)/t18?,19-/m0/s1. The second-order valence-corrected chi connectivity index (χ2v) is 7.23. The third kappa shape index (κ3) is 9.88. The second kappa shape index (κ2) is 11.5. The highest BCUT2D eigenvalue weighted by atomic mass is 16.6. The van der Waals surface area contributed by atoms with Gasteiger partial charge >= 0.3 is 6.09 Å². The van der Waals surface area contributed by atoms with Crippen LogP contribution >= 0.6 is 0 Å². The van der Waals surface area contributed by atoms with Crippen molar-refractivity contribution in [3.63, 3.8) is 0 Å². The van der Waals surface area contributed by atoms with Crippen molar-refractivity contribution in [1.82, 2.24) is 5.32 Å². The molecule has 0 bridgehead atoms. The Bertz CT molecular complexity index is 625. The van der Waals surface area contributed by atoms with Crippen LogP contribution in [-0.2, 0) is 4.74 Å². The van der Waals surface area contributed by atoms with Crippen LogP contribution in [0.3, 0.4) is 0 Å². The number of unbranched alkanes of at least 4 members (excludes halogenated alkanes) is 2. The lowest BCUT2D eigenvalue weighted by Gasteiger charge is -2.23. The van der Waals surface area contributed by atoms with E-state index in [2.05, 4.69) is 24.1 Å². The van der Waals surface area contributed by atoms with Gasteiger partial charge in [0.25, 0.3) is 0 Å². The van der Waals surface area contributed by atoms with Gasteiger partial charge in [-0.3, -0.25) is 0 Å². The van der Waals surface area contributed by atoms with Gasteiger partial charge in [-0.2, -0.15) is 0 Å². The number of carbonyl (C=O) groups excluding carboxylic acids is 1. The van der Waals surface area contributed by atoms with Crippen LogP contribution in [0.5, 0.6) is 5.75 Å². The van der Waals surface area contributed by atoms with Gasteiger partial charge in [0, 0.05) is 5.56 Å². The normalized spacial score (nSPS) is 13.1.